The number of guanidine groups is 1. The van der Waals surface area contributed by atoms with Crippen molar-refractivity contribution >= 4 is 16.0 Å². The molecule has 2 aromatic carbocycles. The molecule has 2 aliphatic heterocycles. The zero-order valence-electron chi connectivity index (χ0n) is 15.9. The summed E-state index contributed by atoms with van der Waals surface area (Å²) in [5.74, 6) is 0.993. The summed E-state index contributed by atoms with van der Waals surface area (Å²) in [6.45, 7) is 4.08. The third kappa shape index (κ3) is 4.36. The number of rotatable bonds is 5. The molecular weight excluding hydrogens is 372 g/mol. The summed E-state index contributed by atoms with van der Waals surface area (Å²) in [6, 6.07) is 18.9. The van der Waals surface area contributed by atoms with Crippen molar-refractivity contribution in [3.63, 3.8) is 0 Å². The Balaban J connectivity index is 1.42. The van der Waals surface area contributed by atoms with Crippen molar-refractivity contribution < 1.29 is 8.42 Å². The molecule has 1 atom stereocenters. The van der Waals surface area contributed by atoms with E-state index < -0.39 is 10.0 Å². The van der Waals surface area contributed by atoms with Gasteiger partial charge >= 0.3 is 0 Å². The Bertz CT molecular complexity index is 916. The Morgan fingerprint density at radius 1 is 1.00 bits per heavy atom. The van der Waals surface area contributed by atoms with E-state index in [1.165, 1.54) is 5.56 Å². The number of hydrogen-bond donors (Lipinski definition) is 1. The third-order valence-corrected chi connectivity index (χ3v) is 6.74. The van der Waals surface area contributed by atoms with Gasteiger partial charge in [0.05, 0.1) is 11.4 Å². The highest BCUT2D eigenvalue weighted by Gasteiger charge is 2.30. The van der Waals surface area contributed by atoms with Gasteiger partial charge in [0.25, 0.3) is 0 Å². The van der Waals surface area contributed by atoms with Gasteiger partial charge in [-0.25, -0.2) is 13.1 Å². The second-order valence-corrected chi connectivity index (χ2v) is 9.02. The van der Waals surface area contributed by atoms with Crippen molar-refractivity contribution in [2.24, 2.45) is 4.99 Å². The van der Waals surface area contributed by atoms with E-state index in [0.717, 1.165) is 45.0 Å². The van der Waals surface area contributed by atoms with Crippen LogP contribution in [0.2, 0.25) is 0 Å². The van der Waals surface area contributed by atoms with Gasteiger partial charge in [0, 0.05) is 32.2 Å². The summed E-state index contributed by atoms with van der Waals surface area (Å²) >= 11 is 0. The van der Waals surface area contributed by atoms with Crippen LogP contribution in [0.1, 0.15) is 18.4 Å². The highest BCUT2D eigenvalue weighted by Crippen LogP contribution is 2.19. The van der Waals surface area contributed by atoms with Crippen LogP contribution in [0.15, 0.2) is 70.6 Å². The van der Waals surface area contributed by atoms with Crippen LogP contribution in [-0.2, 0) is 16.6 Å². The number of nitrogens with one attached hydrogen (secondary N) is 1. The van der Waals surface area contributed by atoms with Crippen LogP contribution in [0.5, 0.6) is 0 Å². The van der Waals surface area contributed by atoms with E-state index in [1.807, 2.05) is 12.1 Å². The van der Waals surface area contributed by atoms with Gasteiger partial charge in [-0.1, -0.05) is 48.5 Å². The smallest absolute Gasteiger partial charge is 0.240 e. The van der Waals surface area contributed by atoms with Gasteiger partial charge in [0.15, 0.2) is 5.96 Å². The summed E-state index contributed by atoms with van der Waals surface area (Å²) in [7, 11) is -3.50. The van der Waals surface area contributed by atoms with Crippen molar-refractivity contribution in [2.45, 2.75) is 30.3 Å². The third-order valence-electron chi connectivity index (χ3n) is 5.20. The monoisotopic (exact) mass is 398 g/mol. The van der Waals surface area contributed by atoms with Crippen LogP contribution in [0, 0.1) is 0 Å². The summed E-state index contributed by atoms with van der Waals surface area (Å²) in [4.78, 5) is 9.56. The number of piperidine rings is 1. The number of nitrogens with zero attached hydrogens (tertiary/aromatic N) is 3. The lowest BCUT2D eigenvalue weighted by molar-refractivity contribution is 0.262. The summed E-state index contributed by atoms with van der Waals surface area (Å²) in [5.41, 5.74) is 1.26. The largest absolute Gasteiger partial charge is 0.341 e. The van der Waals surface area contributed by atoms with E-state index in [4.69, 9.17) is 4.99 Å². The molecule has 6 nitrogen and oxygen atoms in total. The lowest BCUT2D eigenvalue weighted by atomic mass is 10.1. The zero-order valence-corrected chi connectivity index (χ0v) is 16.7. The molecular formula is C21H26N4O2S. The number of likely N-dealkylation sites (tertiary alicyclic amines) is 1. The fourth-order valence-corrected chi connectivity index (χ4v) is 5.15. The first-order valence-electron chi connectivity index (χ1n) is 9.77. The minimum atomic E-state index is -3.50. The topological polar surface area (TPSA) is 65.0 Å². The highest BCUT2D eigenvalue weighted by atomic mass is 32.2. The molecule has 0 aliphatic carbocycles. The van der Waals surface area contributed by atoms with Crippen molar-refractivity contribution in [3.05, 3.63) is 66.2 Å². The second kappa shape index (κ2) is 8.32. The van der Waals surface area contributed by atoms with Crippen LogP contribution in [0.4, 0.5) is 0 Å². The summed E-state index contributed by atoms with van der Waals surface area (Å²) in [6.07, 6.45) is 1.79. The van der Waals surface area contributed by atoms with Crippen molar-refractivity contribution in [2.75, 3.05) is 26.2 Å². The molecule has 0 aromatic heterocycles. The molecule has 2 aliphatic rings. The van der Waals surface area contributed by atoms with E-state index in [1.54, 1.807) is 24.3 Å². The van der Waals surface area contributed by atoms with E-state index >= 15 is 0 Å². The average Bonchev–Trinajstić information content (AvgIpc) is 3.17. The molecule has 0 amide bonds. The molecule has 1 unspecified atom stereocenters. The Morgan fingerprint density at radius 3 is 2.46 bits per heavy atom. The minimum Gasteiger partial charge on any atom is -0.341 e. The van der Waals surface area contributed by atoms with Crippen LogP contribution >= 0.6 is 0 Å². The lowest BCUT2D eigenvalue weighted by Crippen LogP contribution is -2.52. The van der Waals surface area contributed by atoms with Gasteiger partial charge in [-0.15, -0.1) is 0 Å². The quantitative estimate of drug-likeness (QED) is 0.839. The molecule has 0 spiro atoms. The summed E-state index contributed by atoms with van der Waals surface area (Å²) < 4.78 is 28.2. The maximum absolute atomic E-state index is 12.7. The van der Waals surface area contributed by atoms with Gasteiger partial charge in [0.2, 0.25) is 10.0 Å². The molecule has 1 saturated heterocycles. The van der Waals surface area contributed by atoms with Gasteiger partial charge < -0.3 is 9.80 Å². The van der Waals surface area contributed by atoms with Gasteiger partial charge in [0.1, 0.15) is 0 Å². The van der Waals surface area contributed by atoms with Crippen molar-refractivity contribution in [1.29, 1.82) is 0 Å². The fraction of sp³-hybridized carbons (Fsp3) is 0.381. The molecule has 2 heterocycles. The van der Waals surface area contributed by atoms with E-state index in [0.29, 0.717) is 11.4 Å². The molecule has 148 valence electrons. The Labute approximate surface area is 166 Å². The van der Waals surface area contributed by atoms with Gasteiger partial charge in [-0.3, -0.25) is 4.99 Å². The molecule has 0 saturated carbocycles. The predicted octanol–water partition coefficient (Wildman–Crippen LogP) is 2.30. The summed E-state index contributed by atoms with van der Waals surface area (Å²) in [5, 5.41) is 0. The maximum atomic E-state index is 12.7. The van der Waals surface area contributed by atoms with E-state index in [-0.39, 0.29) is 6.04 Å². The normalized spacial score (nSPS) is 20.3. The number of hydrogen-bond acceptors (Lipinski definition) is 5. The molecule has 0 bridgehead atoms. The maximum Gasteiger partial charge on any atom is 0.240 e. The minimum absolute atomic E-state index is 0.110. The van der Waals surface area contributed by atoms with Crippen LogP contribution in [0.3, 0.4) is 0 Å². The molecule has 1 fully saturated rings. The Morgan fingerprint density at radius 2 is 1.71 bits per heavy atom. The molecule has 0 radical (unpaired) electrons. The molecule has 2 aromatic rings. The molecule has 4 rings (SSSR count). The SMILES string of the molecule is O=S(=O)(NC1CCCN(C2=NCCN2Cc2ccccc2)C1)c1ccccc1. The van der Waals surface area contributed by atoms with E-state index in [2.05, 4.69) is 38.8 Å². The average molecular weight is 399 g/mol. The van der Waals surface area contributed by atoms with Crippen LogP contribution < -0.4 is 4.72 Å². The Kier molecular flexibility index (Phi) is 5.64. The first-order valence-corrected chi connectivity index (χ1v) is 11.3. The van der Waals surface area contributed by atoms with Gasteiger partial charge in [-0.05, 0) is 30.5 Å². The van der Waals surface area contributed by atoms with Crippen LogP contribution in [-0.4, -0.2) is 56.4 Å². The lowest BCUT2D eigenvalue weighted by Gasteiger charge is -2.37. The molecule has 1 N–H and O–H groups in total. The predicted molar refractivity (Wildman–Crippen MR) is 111 cm³/mol. The zero-order chi connectivity index (χ0) is 19.4. The first-order chi connectivity index (χ1) is 13.6. The molecule has 7 heteroatoms. The van der Waals surface area contributed by atoms with Gasteiger partial charge in [-0.2, -0.15) is 0 Å². The number of sulfonamides is 1. The highest BCUT2D eigenvalue weighted by molar-refractivity contribution is 7.89. The van der Waals surface area contributed by atoms with E-state index in [9.17, 15) is 8.42 Å². The van der Waals surface area contributed by atoms with Crippen molar-refractivity contribution in [3.8, 4) is 0 Å². The second-order valence-electron chi connectivity index (χ2n) is 7.31. The fourth-order valence-electron chi connectivity index (χ4n) is 3.87. The molecule has 28 heavy (non-hydrogen) atoms. The Hall–Kier alpha value is -2.38. The van der Waals surface area contributed by atoms with Crippen molar-refractivity contribution in [1.82, 2.24) is 14.5 Å². The first kappa shape index (κ1) is 19.0. The number of aliphatic imine (C=N–C) groups is 1. The van der Waals surface area contributed by atoms with Crippen LogP contribution in [0.25, 0.3) is 0 Å². The number of benzene rings is 2. The standard InChI is InChI=1S/C21H26N4O2S/c26-28(27,20-11-5-2-6-12-20)23-19-10-7-14-24(17-19)21-22-13-15-25(21)16-18-8-3-1-4-9-18/h1-6,8-9,11-12,19,23H,7,10,13-17H2.